The number of aliphatic hydroxyl groups is 3. The number of ketones is 1. The van der Waals surface area contributed by atoms with Gasteiger partial charge in [-0.15, -0.1) is 0 Å². The number of hydrogen-bond donors (Lipinski definition) is 3. The van der Waals surface area contributed by atoms with Gasteiger partial charge < -0.3 is 24.8 Å². The molecule has 8 heteroatoms. The molecule has 284 valence electrons. The first kappa shape index (κ1) is 45.0. The zero-order valence-electron chi connectivity index (χ0n) is 31.3. The number of allylic oxidation sites excluding steroid dienone is 2. The summed E-state index contributed by atoms with van der Waals surface area (Å²) in [4.78, 5) is 36.8. The molecule has 0 saturated heterocycles. The molecule has 5 atom stereocenters. The molecular formula is C41H72O8. The minimum atomic E-state index is -0.873. The van der Waals surface area contributed by atoms with Crippen molar-refractivity contribution in [3.05, 3.63) is 24.3 Å². The molecule has 0 bridgehead atoms. The van der Waals surface area contributed by atoms with E-state index < -0.39 is 30.9 Å². The minimum absolute atomic E-state index is 0.0287. The quantitative estimate of drug-likeness (QED) is 0.0374. The van der Waals surface area contributed by atoms with Crippen LogP contribution in [0.3, 0.4) is 0 Å². The van der Waals surface area contributed by atoms with Gasteiger partial charge in [-0.3, -0.25) is 14.4 Å². The van der Waals surface area contributed by atoms with E-state index in [9.17, 15) is 29.7 Å². The van der Waals surface area contributed by atoms with Gasteiger partial charge in [0, 0.05) is 31.1 Å². The van der Waals surface area contributed by atoms with E-state index >= 15 is 0 Å². The Balaban J connectivity index is 2.12. The molecule has 49 heavy (non-hydrogen) atoms. The highest BCUT2D eigenvalue weighted by Gasteiger charge is 2.39. The molecule has 0 aromatic heterocycles. The predicted octanol–water partition coefficient (Wildman–Crippen LogP) is 8.73. The molecule has 0 aromatic carbocycles. The molecule has 1 fully saturated rings. The maximum absolute atomic E-state index is 12.4. The Kier molecular flexibility index (Phi) is 27.2. The van der Waals surface area contributed by atoms with Crippen LogP contribution in [-0.2, 0) is 23.9 Å². The number of aliphatic hydroxyl groups excluding tert-OH is 3. The van der Waals surface area contributed by atoms with Gasteiger partial charge in [0.2, 0.25) is 0 Å². The first-order valence-electron chi connectivity index (χ1n) is 19.9. The average Bonchev–Trinajstić information content (AvgIpc) is 3.34. The molecule has 0 heterocycles. The molecule has 1 aliphatic carbocycles. The molecule has 0 aromatic rings. The molecule has 0 aliphatic heterocycles. The standard InChI is InChI=1S/C41H72O8/c1-4-5-18-24-34(43)28-29-37-36(38(44)30-39(37)45)25-20-16-17-22-27-41(47)49-35(31-42)32-48-40(46)26-21-15-13-11-9-7-6-8-10-12-14-19-23-33(2)3/h16,20,28-29,33-37,39,42-43,45H,4-15,17-19,21-27,30-32H2,1-3H3/b20-16-,29-28+/t34-,35-,36+,37+,39+/m0/s1. The summed E-state index contributed by atoms with van der Waals surface area (Å²) in [6.45, 7) is 6.14. The van der Waals surface area contributed by atoms with Crippen molar-refractivity contribution in [3.63, 3.8) is 0 Å². The fraction of sp³-hybridized carbons (Fsp3) is 0.829. The number of esters is 2. The molecule has 0 amide bonds. The highest BCUT2D eigenvalue weighted by Crippen LogP contribution is 2.33. The first-order chi connectivity index (χ1) is 23.7. The Morgan fingerprint density at radius 2 is 1.41 bits per heavy atom. The average molecular weight is 693 g/mol. The lowest BCUT2D eigenvalue weighted by atomic mass is 9.90. The van der Waals surface area contributed by atoms with E-state index in [1.807, 2.05) is 12.2 Å². The first-order valence-corrected chi connectivity index (χ1v) is 19.9. The van der Waals surface area contributed by atoms with Gasteiger partial charge >= 0.3 is 11.9 Å². The monoisotopic (exact) mass is 693 g/mol. The van der Waals surface area contributed by atoms with Gasteiger partial charge in [-0.2, -0.15) is 0 Å². The van der Waals surface area contributed by atoms with Gasteiger partial charge in [0.05, 0.1) is 18.8 Å². The van der Waals surface area contributed by atoms with Crippen molar-refractivity contribution in [2.24, 2.45) is 17.8 Å². The fourth-order valence-corrected chi connectivity index (χ4v) is 6.43. The normalized spacial score (nSPS) is 19.3. The third-order valence-electron chi connectivity index (χ3n) is 9.54. The van der Waals surface area contributed by atoms with E-state index in [1.165, 1.54) is 64.2 Å². The maximum atomic E-state index is 12.4. The topological polar surface area (TPSA) is 130 Å². The number of Topliss-reactive ketones (excluding diaryl/α,β-unsaturated/α-hetero) is 1. The number of unbranched alkanes of at least 4 members (excludes halogenated alkanes) is 14. The van der Waals surface area contributed by atoms with E-state index in [-0.39, 0.29) is 43.0 Å². The summed E-state index contributed by atoms with van der Waals surface area (Å²) < 4.78 is 10.5. The minimum Gasteiger partial charge on any atom is -0.462 e. The van der Waals surface area contributed by atoms with E-state index in [1.54, 1.807) is 12.2 Å². The zero-order valence-corrected chi connectivity index (χ0v) is 31.3. The van der Waals surface area contributed by atoms with Crippen LogP contribution in [-0.4, -0.2) is 64.6 Å². The third-order valence-corrected chi connectivity index (χ3v) is 9.54. The number of hydrogen-bond acceptors (Lipinski definition) is 8. The molecule has 8 nitrogen and oxygen atoms in total. The van der Waals surface area contributed by atoms with Crippen molar-refractivity contribution in [1.82, 2.24) is 0 Å². The van der Waals surface area contributed by atoms with Crippen molar-refractivity contribution in [1.29, 1.82) is 0 Å². The SMILES string of the molecule is CCCCC[C@H](O)/C=C/[C@H]1[C@H](O)CC(=O)[C@@H]1C/C=C\CCCC(=O)O[C@@H](CO)COC(=O)CCCCCCCCCCCCCCC(C)C. The lowest BCUT2D eigenvalue weighted by Crippen LogP contribution is -2.28. The summed E-state index contributed by atoms with van der Waals surface area (Å²) in [6.07, 6.45) is 27.4. The summed E-state index contributed by atoms with van der Waals surface area (Å²) in [6, 6.07) is 0. The van der Waals surface area contributed by atoms with Gasteiger partial charge in [0.25, 0.3) is 0 Å². The lowest BCUT2D eigenvalue weighted by molar-refractivity contribution is -0.161. The van der Waals surface area contributed by atoms with Gasteiger partial charge in [-0.1, -0.05) is 141 Å². The molecule has 1 rings (SSSR count). The Bertz CT molecular complexity index is 913. The van der Waals surface area contributed by atoms with E-state index in [0.29, 0.717) is 32.1 Å². The second-order valence-electron chi connectivity index (χ2n) is 14.6. The van der Waals surface area contributed by atoms with Gasteiger partial charge in [-0.25, -0.2) is 0 Å². The van der Waals surface area contributed by atoms with Gasteiger partial charge in [-0.05, 0) is 38.0 Å². The Labute approximate surface area is 298 Å². The zero-order chi connectivity index (χ0) is 36.1. The van der Waals surface area contributed by atoms with Crippen LogP contribution in [0.4, 0.5) is 0 Å². The molecule has 0 spiro atoms. The highest BCUT2D eigenvalue weighted by molar-refractivity contribution is 5.84. The van der Waals surface area contributed by atoms with Crippen molar-refractivity contribution >= 4 is 17.7 Å². The van der Waals surface area contributed by atoms with Crippen molar-refractivity contribution in [2.45, 2.75) is 187 Å². The van der Waals surface area contributed by atoms with Crippen LogP contribution in [0, 0.1) is 17.8 Å². The summed E-state index contributed by atoms with van der Waals surface area (Å²) in [5.74, 6) is -0.558. The van der Waals surface area contributed by atoms with Crippen molar-refractivity contribution in [3.8, 4) is 0 Å². The summed E-state index contributed by atoms with van der Waals surface area (Å²) in [5.41, 5.74) is 0. The van der Waals surface area contributed by atoms with Gasteiger partial charge in [0.1, 0.15) is 12.4 Å². The number of carbonyl (C=O) groups excluding carboxylic acids is 3. The van der Waals surface area contributed by atoms with E-state index in [0.717, 1.165) is 44.4 Å². The van der Waals surface area contributed by atoms with Crippen molar-refractivity contribution in [2.75, 3.05) is 13.2 Å². The van der Waals surface area contributed by atoms with Crippen LogP contribution in [0.2, 0.25) is 0 Å². The predicted molar refractivity (Wildman–Crippen MR) is 197 cm³/mol. The summed E-state index contributed by atoms with van der Waals surface area (Å²) in [7, 11) is 0. The number of rotatable bonds is 31. The lowest BCUT2D eigenvalue weighted by Gasteiger charge is -2.16. The second-order valence-corrected chi connectivity index (χ2v) is 14.6. The Morgan fingerprint density at radius 1 is 0.816 bits per heavy atom. The van der Waals surface area contributed by atoms with Crippen LogP contribution < -0.4 is 0 Å². The number of ether oxygens (including phenoxy) is 2. The largest absolute Gasteiger partial charge is 0.462 e. The van der Waals surface area contributed by atoms with Crippen LogP contribution >= 0.6 is 0 Å². The van der Waals surface area contributed by atoms with E-state index in [2.05, 4.69) is 20.8 Å². The Morgan fingerprint density at radius 3 is 2.02 bits per heavy atom. The van der Waals surface area contributed by atoms with Crippen LogP contribution in [0.5, 0.6) is 0 Å². The van der Waals surface area contributed by atoms with Crippen LogP contribution in [0.1, 0.15) is 168 Å². The molecule has 0 unspecified atom stereocenters. The van der Waals surface area contributed by atoms with Crippen LogP contribution in [0.25, 0.3) is 0 Å². The second kappa shape index (κ2) is 29.7. The fourth-order valence-electron chi connectivity index (χ4n) is 6.43. The Hall–Kier alpha value is -2.03. The molecule has 1 aliphatic rings. The maximum Gasteiger partial charge on any atom is 0.306 e. The summed E-state index contributed by atoms with van der Waals surface area (Å²) >= 11 is 0. The molecule has 3 N–H and O–H groups in total. The molecule has 1 saturated carbocycles. The van der Waals surface area contributed by atoms with Crippen LogP contribution in [0.15, 0.2) is 24.3 Å². The van der Waals surface area contributed by atoms with Crippen molar-refractivity contribution < 1.29 is 39.2 Å². The van der Waals surface area contributed by atoms with Gasteiger partial charge in [0.15, 0.2) is 6.10 Å². The number of carbonyl (C=O) groups is 3. The third kappa shape index (κ3) is 23.9. The molecule has 0 radical (unpaired) electrons. The van der Waals surface area contributed by atoms with E-state index in [4.69, 9.17) is 9.47 Å². The highest BCUT2D eigenvalue weighted by atomic mass is 16.6. The molecular weight excluding hydrogens is 620 g/mol. The summed E-state index contributed by atoms with van der Waals surface area (Å²) in [5, 5.41) is 30.1. The smallest absolute Gasteiger partial charge is 0.306 e.